The van der Waals surface area contributed by atoms with E-state index in [1.165, 1.54) is 5.56 Å². The summed E-state index contributed by atoms with van der Waals surface area (Å²) in [7, 11) is 0. The van der Waals surface area contributed by atoms with Gasteiger partial charge >= 0.3 is 0 Å². The number of hydrogen-bond donors (Lipinski definition) is 1. The Kier molecular flexibility index (Phi) is 6.43. The number of rotatable bonds is 6. The van der Waals surface area contributed by atoms with Crippen LogP contribution in [0.3, 0.4) is 0 Å². The van der Waals surface area contributed by atoms with Crippen molar-refractivity contribution >= 4 is 46.6 Å². The van der Waals surface area contributed by atoms with Crippen molar-refractivity contribution in [1.82, 2.24) is 0 Å². The summed E-state index contributed by atoms with van der Waals surface area (Å²) in [6.45, 7) is 0. The van der Waals surface area contributed by atoms with Crippen molar-refractivity contribution in [3.8, 4) is 0 Å². The van der Waals surface area contributed by atoms with Crippen LogP contribution in [0.5, 0.6) is 0 Å². The Bertz CT molecular complexity index is 584. The summed E-state index contributed by atoms with van der Waals surface area (Å²) in [6, 6.07) is 15.2. The van der Waals surface area contributed by atoms with E-state index >= 15 is 0 Å². The van der Waals surface area contributed by atoms with Crippen LogP contribution in [0.15, 0.2) is 48.5 Å². The maximum Gasteiger partial charge on any atom is 0.225 e. The van der Waals surface area contributed by atoms with Gasteiger partial charge in [-0.2, -0.15) is 11.8 Å². The minimum atomic E-state index is -0.0334. The lowest BCUT2D eigenvalue weighted by Gasteiger charge is -2.06. The molecule has 2 aromatic carbocycles. The highest BCUT2D eigenvalue weighted by atomic mass is 35.5. The number of carbonyl (C=O) groups excluding carboxylic acids is 1. The number of hydrogen-bond acceptors (Lipinski definition) is 2. The van der Waals surface area contributed by atoms with E-state index in [1.54, 1.807) is 30.0 Å². The predicted molar refractivity (Wildman–Crippen MR) is 92.3 cm³/mol. The van der Waals surface area contributed by atoms with E-state index in [4.69, 9.17) is 23.2 Å². The molecule has 2 nitrogen and oxygen atoms in total. The monoisotopic (exact) mass is 339 g/mol. The first-order chi connectivity index (χ1) is 10.1. The summed E-state index contributed by atoms with van der Waals surface area (Å²) in [6.07, 6.45) is 0.460. The zero-order valence-corrected chi connectivity index (χ0v) is 13.6. The summed E-state index contributed by atoms with van der Waals surface area (Å²) in [5.74, 6) is 1.65. The molecule has 0 fully saturated rings. The molecule has 0 aliphatic heterocycles. The Balaban J connectivity index is 1.72. The molecule has 0 aliphatic carbocycles. The fourth-order valence-electron chi connectivity index (χ4n) is 1.78. The third kappa shape index (κ3) is 6.00. The molecule has 0 saturated carbocycles. The van der Waals surface area contributed by atoms with Crippen molar-refractivity contribution in [3.05, 3.63) is 64.1 Å². The Morgan fingerprint density at radius 2 is 1.71 bits per heavy atom. The van der Waals surface area contributed by atoms with E-state index in [0.29, 0.717) is 22.2 Å². The van der Waals surface area contributed by atoms with Gasteiger partial charge in [0, 0.05) is 33.7 Å². The molecule has 2 rings (SSSR count). The van der Waals surface area contributed by atoms with Crippen LogP contribution >= 0.6 is 35.0 Å². The maximum atomic E-state index is 11.8. The number of halogens is 2. The Hall–Kier alpha value is -1.16. The van der Waals surface area contributed by atoms with Gasteiger partial charge in [0.1, 0.15) is 0 Å². The Labute approximate surface area is 138 Å². The lowest BCUT2D eigenvalue weighted by molar-refractivity contribution is -0.115. The smallest absolute Gasteiger partial charge is 0.225 e. The van der Waals surface area contributed by atoms with Crippen molar-refractivity contribution in [2.24, 2.45) is 0 Å². The van der Waals surface area contributed by atoms with Crippen molar-refractivity contribution in [1.29, 1.82) is 0 Å². The molecular weight excluding hydrogens is 325 g/mol. The number of amides is 1. The largest absolute Gasteiger partial charge is 0.326 e. The van der Waals surface area contributed by atoms with E-state index in [2.05, 4.69) is 17.4 Å². The van der Waals surface area contributed by atoms with Gasteiger partial charge in [-0.25, -0.2) is 0 Å². The standard InChI is InChI=1S/C16H15Cl2NOS/c17-13-8-14(18)10-15(9-13)19-16(20)6-7-21-11-12-4-2-1-3-5-12/h1-5,8-10H,6-7,11H2,(H,19,20). The summed E-state index contributed by atoms with van der Waals surface area (Å²) >= 11 is 13.5. The highest BCUT2D eigenvalue weighted by molar-refractivity contribution is 7.98. The first-order valence-corrected chi connectivity index (χ1v) is 8.42. The number of anilines is 1. The predicted octanol–water partition coefficient (Wildman–Crippen LogP) is 5.26. The van der Waals surface area contributed by atoms with Gasteiger partial charge in [-0.3, -0.25) is 4.79 Å². The van der Waals surface area contributed by atoms with Crippen LogP contribution < -0.4 is 5.32 Å². The first kappa shape index (κ1) is 16.2. The fraction of sp³-hybridized carbons (Fsp3) is 0.188. The second-order valence-electron chi connectivity index (χ2n) is 4.49. The van der Waals surface area contributed by atoms with Gasteiger partial charge < -0.3 is 5.32 Å². The summed E-state index contributed by atoms with van der Waals surface area (Å²) in [5, 5.41) is 3.82. The normalized spacial score (nSPS) is 10.4. The molecule has 0 bridgehead atoms. The fourth-order valence-corrected chi connectivity index (χ4v) is 3.21. The maximum absolute atomic E-state index is 11.8. The van der Waals surface area contributed by atoms with Crippen LogP contribution in [0.1, 0.15) is 12.0 Å². The molecule has 0 heterocycles. The molecule has 21 heavy (non-hydrogen) atoms. The minimum Gasteiger partial charge on any atom is -0.326 e. The number of nitrogens with one attached hydrogen (secondary N) is 1. The van der Waals surface area contributed by atoms with Crippen molar-refractivity contribution in [2.75, 3.05) is 11.1 Å². The molecule has 0 spiro atoms. The number of benzene rings is 2. The van der Waals surface area contributed by atoms with Gasteiger partial charge in [-0.05, 0) is 23.8 Å². The molecular formula is C16H15Cl2NOS. The van der Waals surface area contributed by atoms with Gasteiger partial charge in [-0.1, -0.05) is 53.5 Å². The third-order valence-corrected chi connectivity index (χ3v) is 4.20. The molecule has 0 aliphatic rings. The molecule has 1 amide bonds. The SMILES string of the molecule is O=C(CCSCc1ccccc1)Nc1cc(Cl)cc(Cl)c1. The Morgan fingerprint density at radius 3 is 2.38 bits per heavy atom. The van der Waals surface area contributed by atoms with Crippen LogP contribution in [-0.4, -0.2) is 11.7 Å². The minimum absolute atomic E-state index is 0.0334. The van der Waals surface area contributed by atoms with E-state index in [1.807, 2.05) is 18.2 Å². The summed E-state index contributed by atoms with van der Waals surface area (Å²) in [5.41, 5.74) is 1.90. The summed E-state index contributed by atoms with van der Waals surface area (Å²) < 4.78 is 0. The van der Waals surface area contributed by atoms with Gasteiger partial charge in [0.05, 0.1) is 0 Å². The lowest BCUT2D eigenvalue weighted by Crippen LogP contribution is -2.12. The van der Waals surface area contributed by atoms with E-state index in [9.17, 15) is 4.79 Å². The number of carbonyl (C=O) groups is 1. The van der Waals surface area contributed by atoms with E-state index in [0.717, 1.165) is 11.5 Å². The van der Waals surface area contributed by atoms with Crippen molar-refractivity contribution in [3.63, 3.8) is 0 Å². The van der Waals surface area contributed by atoms with Crippen molar-refractivity contribution in [2.45, 2.75) is 12.2 Å². The topological polar surface area (TPSA) is 29.1 Å². The lowest BCUT2D eigenvalue weighted by atomic mass is 10.2. The highest BCUT2D eigenvalue weighted by Crippen LogP contribution is 2.22. The molecule has 2 aromatic rings. The number of thioether (sulfide) groups is 1. The van der Waals surface area contributed by atoms with Crippen molar-refractivity contribution < 1.29 is 4.79 Å². The quantitative estimate of drug-likeness (QED) is 0.727. The zero-order valence-electron chi connectivity index (χ0n) is 11.3. The third-order valence-electron chi connectivity index (χ3n) is 2.73. The van der Waals surface area contributed by atoms with Crippen LogP contribution in [-0.2, 0) is 10.5 Å². The zero-order chi connectivity index (χ0) is 15.1. The van der Waals surface area contributed by atoms with Crippen LogP contribution in [0.25, 0.3) is 0 Å². The van der Waals surface area contributed by atoms with Gasteiger partial charge in [-0.15, -0.1) is 0 Å². The average molecular weight is 340 g/mol. The van der Waals surface area contributed by atoms with E-state index < -0.39 is 0 Å². The van der Waals surface area contributed by atoms with Gasteiger partial charge in [0.25, 0.3) is 0 Å². The second-order valence-corrected chi connectivity index (χ2v) is 6.47. The first-order valence-electron chi connectivity index (χ1n) is 6.51. The molecule has 0 atom stereocenters. The molecule has 0 radical (unpaired) electrons. The highest BCUT2D eigenvalue weighted by Gasteiger charge is 2.04. The summed E-state index contributed by atoms with van der Waals surface area (Å²) in [4.78, 5) is 11.8. The van der Waals surface area contributed by atoms with Crippen LogP contribution in [0, 0.1) is 0 Å². The van der Waals surface area contributed by atoms with Crippen LogP contribution in [0.4, 0.5) is 5.69 Å². The Morgan fingerprint density at radius 1 is 1.05 bits per heavy atom. The molecule has 5 heteroatoms. The van der Waals surface area contributed by atoms with Gasteiger partial charge in [0.15, 0.2) is 0 Å². The molecule has 110 valence electrons. The van der Waals surface area contributed by atoms with Gasteiger partial charge in [0.2, 0.25) is 5.91 Å². The van der Waals surface area contributed by atoms with E-state index in [-0.39, 0.29) is 5.91 Å². The molecule has 0 aromatic heterocycles. The molecule has 1 N–H and O–H groups in total. The molecule has 0 unspecified atom stereocenters. The molecule has 0 saturated heterocycles. The van der Waals surface area contributed by atoms with Crippen LogP contribution in [0.2, 0.25) is 10.0 Å². The second kappa shape index (κ2) is 8.32. The average Bonchev–Trinajstić information content (AvgIpc) is 2.43.